The Labute approximate surface area is 99.1 Å². The van der Waals surface area contributed by atoms with Gasteiger partial charge in [0.05, 0.1) is 0 Å². The third kappa shape index (κ3) is 7.78. The molecule has 0 bridgehead atoms. The van der Waals surface area contributed by atoms with E-state index in [0.29, 0.717) is 12.3 Å². The van der Waals surface area contributed by atoms with E-state index >= 15 is 0 Å². The summed E-state index contributed by atoms with van der Waals surface area (Å²) in [5.74, 6) is 0.514. The number of halogens is 3. The van der Waals surface area contributed by atoms with Crippen LogP contribution in [-0.2, 0) is 0 Å². The van der Waals surface area contributed by atoms with Crippen LogP contribution in [0.15, 0.2) is 4.99 Å². The van der Waals surface area contributed by atoms with Gasteiger partial charge in [-0.25, -0.2) is 0 Å². The number of hydrogen-bond donors (Lipinski definition) is 0. The second-order valence-corrected chi connectivity index (χ2v) is 5.60. The molecular formula is C9H16F3GaN2. The minimum absolute atomic E-state index is 0.332. The normalized spacial score (nSPS) is 14.2. The van der Waals surface area contributed by atoms with Crippen LogP contribution < -0.4 is 0 Å². The van der Waals surface area contributed by atoms with Crippen molar-refractivity contribution in [2.45, 2.75) is 45.8 Å². The average molecular weight is 279 g/mol. The first kappa shape index (κ1) is 14.9. The maximum absolute atomic E-state index is 12.1. The predicted molar refractivity (Wildman–Crippen MR) is 56.0 cm³/mol. The Morgan fingerprint density at radius 3 is 2.00 bits per heavy atom. The van der Waals surface area contributed by atoms with E-state index in [1.165, 1.54) is 3.61 Å². The van der Waals surface area contributed by atoms with Crippen molar-refractivity contribution >= 4 is 24.7 Å². The molecular weight excluding hydrogens is 263 g/mol. The van der Waals surface area contributed by atoms with Crippen LogP contribution in [0.25, 0.3) is 0 Å². The van der Waals surface area contributed by atoms with Crippen molar-refractivity contribution in [2.24, 2.45) is 4.99 Å². The van der Waals surface area contributed by atoms with Crippen molar-refractivity contribution in [1.82, 2.24) is 3.61 Å². The first-order valence-electron chi connectivity index (χ1n) is 4.73. The number of amidine groups is 1. The van der Waals surface area contributed by atoms with Crippen LogP contribution in [0.4, 0.5) is 13.2 Å². The zero-order valence-electron chi connectivity index (χ0n) is 9.52. The second-order valence-electron chi connectivity index (χ2n) is 4.30. The van der Waals surface area contributed by atoms with Gasteiger partial charge in [0.2, 0.25) is 0 Å². The van der Waals surface area contributed by atoms with Gasteiger partial charge in [0.1, 0.15) is 0 Å². The molecule has 0 aromatic heterocycles. The number of hydrogen-bond acceptors (Lipinski definition) is 1. The molecule has 0 N–H and O–H groups in total. The molecule has 0 spiro atoms. The monoisotopic (exact) mass is 278 g/mol. The third-order valence-corrected chi connectivity index (χ3v) is 2.47. The van der Waals surface area contributed by atoms with Gasteiger partial charge in [0.25, 0.3) is 0 Å². The van der Waals surface area contributed by atoms with E-state index in [1.54, 1.807) is 0 Å². The molecule has 0 heterocycles. The van der Waals surface area contributed by atoms with Crippen LogP contribution in [-0.4, -0.2) is 46.5 Å². The van der Waals surface area contributed by atoms with Crippen LogP contribution in [0.2, 0.25) is 0 Å². The Morgan fingerprint density at radius 1 is 1.27 bits per heavy atom. The van der Waals surface area contributed by atoms with Crippen molar-refractivity contribution in [3.63, 3.8) is 0 Å². The van der Waals surface area contributed by atoms with Gasteiger partial charge in [-0.3, -0.25) is 0 Å². The van der Waals surface area contributed by atoms with Crippen molar-refractivity contribution in [3.05, 3.63) is 0 Å². The van der Waals surface area contributed by atoms with Gasteiger partial charge in [-0.2, -0.15) is 0 Å². The summed E-state index contributed by atoms with van der Waals surface area (Å²) in [6.07, 6.45) is -3.64. The molecule has 0 aliphatic rings. The molecule has 0 aliphatic carbocycles. The molecule has 6 heteroatoms. The SMILES string of the molecule is CCC(=NC(C)(C)C)[N]([Ga])CC(F)(F)F. The van der Waals surface area contributed by atoms with Crippen molar-refractivity contribution in [3.8, 4) is 0 Å². The number of rotatable bonds is 2. The van der Waals surface area contributed by atoms with Crippen LogP contribution in [0.3, 0.4) is 0 Å². The van der Waals surface area contributed by atoms with E-state index in [4.69, 9.17) is 0 Å². The Hall–Kier alpha value is -0.104. The van der Waals surface area contributed by atoms with Gasteiger partial charge in [-0.05, 0) is 0 Å². The van der Waals surface area contributed by atoms with Gasteiger partial charge in [0, 0.05) is 0 Å². The molecule has 0 fully saturated rings. The molecule has 0 rings (SSSR count). The van der Waals surface area contributed by atoms with Gasteiger partial charge >= 0.3 is 98.8 Å². The Kier molecular flexibility index (Phi) is 5.26. The van der Waals surface area contributed by atoms with E-state index in [0.717, 1.165) is 18.8 Å². The van der Waals surface area contributed by atoms with Crippen molar-refractivity contribution < 1.29 is 13.2 Å². The Morgan fingerprint density at radius 2 is 1.73 bits per heavy atom. The zero-order chi connectivity index (χ0) is 12.3. The summed E-state index contributed by atoms with van der Waals surface area (Å²) < 4.78 is 37.7. The molecule has 0 amide bonds. The molecule has 0 atom stereocenters. The molecule has 0 aromatic carbocycles. The summed E-state index contributed by atoms with van der Waals surface area (Å²) in [5.41, 5.74) is -0.332. The number of aliphatic imine (C=N–C) groups is 1. The minimum atomic E-state index is -4.16. The van der Waals surface area contributed by atoms with Crippen LogP contribution in [0.1, 0.15) is 34.1 Å². The van der Waals surface area contributed by atoms with Crippen LogP contribution >= 0.6 is 0 Å². The predicted octanol–water partition coefficient (Wildman–Crippen LogP) is 2.54. The van der Waals surface area contributed by atoms with E-state index < -0.39 is 12.7 Å². The van der Waals surface area contributed by atoms with Gasteiger partial charge < -0.3 is 0 Å². The van der Waals surface area contributed by atoms with Gasteiger partial charge in [0.15, 0.2) is 0 Å². The molecule has 0 aromatic rings. The van der Waals surface area contributed by atoms with E-state index in [1.807, 2.05) is 27.7 Å². The molecule has 0 aliphatic heterocycles. The Bertz CT molecular complexity index is 230. The third-order valence-electron chi connectivity index (χ3n) is 1.46. The quantitative estimate of drug-likeness (QED) is 0.431. The molecule has 15 heavy (non-hydrogen) atoms. The standard InChI is InChI=1S/C9H16F3N2.Ga/c1-5-7(14-8(2,3)4)13-6-9(10,11)12;/h5-6H2,1-4H3;/q-1;+1. The average Bonchev–Trinajstić information content (AvgIpc) is 1.94. The zero-order valence-corrected chi connectivity index (χ0v) is 11.9. The van der Waals surface area contributed by atoms with E-state index in [9.17, 15) is 13.2 Å². The Balaban J connectivity index is 4.63. The fourth-order valence-corrected chi connectivity index (χ4v) is 1.96. The summed E-state index contributed by atoms with van der Waals surface area (Å²) in [4.78, 5) is 4.27. The van der Waals surface area contributed by atoms with E-state index in [2.05, 4.69) is 4.99 Å². The first-order chi connectivity index (χ1) is 6.55. The van der Waals surface area contributed by atoms with Gasteiger partial charge in [-0.1, -0.05) is 0 Å². The van der Waals surface area contributed by atoms with E-state index in [-0.39, 0.29) is 5.54 Å². The van der Waals surface area contributed by atoms with Crippen LogP contribution in [0, 0.1) is 0 Å². The van der Waals surface area contributed by atoms with Crippen molar-refractivity contribution in [1.29, 1.82) is 0 Å². The molecule has 2 nitrogen and oxygen atoms in total. The molecule has 86 valence electrons. The van der Waals surface area contributed by atoms with Crippen molar-refractivity contribution in [2.75, 3.05) is 6.54 Å². The fraction of sp³-hybridized carbons (Fsp3) is 0.889. The molecule has 0 saturated heterocycles. The molecule has 0 unspecified atom stereocenters. The number of nitrogens with zero attached hydrogens (tertiary/aromatic N) is 2. The summed E-state index contributed by atoms with van der Waals surface area (Å²) in [6, 6.07) is 0. The summed E-state index contributed by atoms with van der Waals surface area (Å²) in [5, 5.41) is 0. The molecule has 0 saturated carbocycles. The topological polar surface area (TPSA) is 15.6 Å². The second kappa shape index (κ2) is 5.29. The summed E-state index contributed by atoms with van der Waals surface area (Å²) in [6.45, 7) is 6.51. The summed E-state index contributed by atoms with van der Waals surface area (Å²) in [7, 11) is 0. The summed E-state index contributed by atoms with van der Waals surface area (Å²) >= 11 is 0.932. The van der Waals surface area contributed by atoms with Gasteiger partial charge in [-0.15, -0.1) is 0 Å². The fourth-order valence-electron chi connectivity index (χ4n) is 1.02. The maximum atomic E-state index is 12.1. The first-order valence-corrected chi connectivity index (χ1v) is 5.81. The van der Waals surface area contributed by atoms with Crippen LogP contribution in [0.5, 0.6) is 0 Å². The number of alkyl halides is 3. The molecule has 2 radical (unpaired) electrons.